The van der Waals surface area contributed by atoms with Crippen molar-refractivity contribution in [3.8, 4) is 56.2 Å². The average molecular weight is 776 g/mol. The molecule has 11 aromatic rings. The first-order chi connectivity index (χ1) is 30.3. The van der Waals surface area contributed by atoms with Gasteiger partial charge in [-0.3, -0.25) is 0 Å². The van der Waals surface area contributed by atoms with E-state index in [1.54, 1.807) is 0 Å². The van der Waals surface area contributed by atoms with Gasteiger partial charge < -0.3 is 0 Å². The Hall–Kier alpha value is -8.01. The van der Waals surface area contributed by atoms with Gasteiger partial charge in [0.05, 0.1) is 27.8 Å². The smallest absolute Gasteiger partial charge is 0.160 e. The van der Waals surface area contributed by atoms with E-state index >= 15 is 0 Å². The molecule has 284 valence electrons. The molecule has 0 radical (unpaired) electrons. The third-order valence-corrected chi connectivity index (χ3v) is 12.6. The lowest BCUT2D eigenvalue weighted by atomic mass is 9.67. The van der Waals surface area contributed by atoms with Crippen LogP contribution in [-0.4, -0.2) is 15.0 Å². The largest absolute Gasteiger partial charge is 0.247 e. The molecule has 9 aromatic carbocycles. The van der Waals surface area contributed by atoms with E-state index in [1.165, 1.54) is 44.3 Å². The standard InChI is InChI=1S/C58H37N3/c1-4-16-38(17-5-1)39-28-34-42(35-29-39)57-60-52-27-15-12-24-47(52)55(61-57)40-30-32-41(33-31-40)56-48-36-37-50-54(53(48)46-23-11-14-26-51(46)59-56)45-22-10-13-25-49(45)58(50,43-18-6-2-7-19-43)44-20-8-3-9-21-44/h1-37H. The Kier molecular flexibility index (Phi) is 8.07. The van der Waals surface area contributed by atoms with E-state index < -0.39 is 5.41 Å². The van der Waals surface area contributed by atoms with Crippen molar-refractivity contribution in [1.82, 2.24) is 15.0 Å². The maximum absolute atomic E-state index is 5.42. The highest BCUT2D eigenvalue weighted by molar-refractivity contribution is 6.19. The van der Waals surface area contributed by atoms with E-state index in [4.69, 9.17) is 15.0 Å². The van der Waals surface area contributed by atoms with Crippen molar-refractivity contribution in [3.63, 3.8) is 0 Å². The van der Waals surface area contributed by atoms with Crippen molar-refractivity contribution < 1.29 is 0 Å². The topological polar surface area (TPSA) is 38.7 Å². The van der Waals surface area contributed by atoms with Gasteiger partial charge in [0.15, 0.2) is 5.82 Å². The SMILES string of the molecule is c1ccc(-c2ccc(-c3nc(-c4ccc(-c5nc6ccccc6c6c7c(ccc56)C(c5ccccc5)(c5ccccc5)c5ccccc5-7)cc4)c4ccccc4n3)cc2)cc1. The Labute approximate surface area is 354 Å². The molecule has 0 saturated carbocycles. The maximum Gasteiger partial charge on any atom is 0.160 e. The van der Waals surface area contributed by atoms with E-state index in [0.717, 1.165) is 60.8 Å². The molecule has 2 heterocycles. The summed E-state index contributed by atoms with van der Waals surface area (Å²) in [6, 6.07) is 80.4. The first-order valence-corrected chi connectivity index (χ1v) is 20.9. The van der Waals surface area contributed by atoms with Crippen LogP contribution in [0.3, 0.4) is 0 Å². The van der Waals surface area contributed by atoms with Crippen molar-refractivity contribution in [1.29, 1.82) is 0 Å². The van der Waals surface area contributed by atoms with Crippen LogP contribution >= 0.6 is 0 Å². The summed E-state index contributed by atoms with van der Waals surface area (Å²) >= 11 is 0. The zero-order valence-corrected chi connectivity index (χ0v) is 33.2. The highest BCUT2D eigenvalue weighted by atomic mass is 14.9. The summed E-state index contributed by atoms with van der Waals surface area (Å²) in [4.78, 5) is 15.7. The molecule has 3 heteroatoms. The summed E-state index contributed by atoms with van der Waals surface area (Å²) in [7, 11) is 0. The molecule has 0 unspecified atom stereocenters. The van der Waals surface area contributed by atoms with Gasteiger partial charge in [-0.25, -0.2) is 15.0 Å². The van der Waals surface area contributed by atoms with Gasteiger partial charge in [-0.1, -0.05) is 212 Å². The van der Waals surface area contributed by atoms with Crippen molar-refractivity contribution in [2.45, 2.75) is 5.41 Å². The minimum atomic E-state index is -0.488. The van der Waals surface area contributed by atoms with Crippen LogP contribution in [0.15, 0.2) is 224 Å². The summed E-state index contributed by atoms with van der Waals surface area (Å²) in [6.07, 6.45) is 0. The molecule has 0 bridgehead atoms. The number of fused-ring (bicyclic) bond motifs is 8. The number of aromatic nitrogens is 3. The van der Waals surface area contributed by atoms with Crippen LogP contribution < -0.4 is 0 Å². The Morgan fingerprint density at radius 3 is 1.46 bits per heavy atom. The summed E-state index contributed by atoms with van der Waals surface area (Å²) in [5.41, 5.74) is 16.3. The van der Waals surface area contributed by atoms with E-state index in [2.05, 4.69) is 212 Å². The minimum Gasteiger partial charge on any atom is -0.247 e. The molecule has 1 aliphatic carbocycles. The first kappa shape index (κ1) is 35.0. The molecule has 61 heavy (non-hydrogen) atoms. The van der Waals surface area contributed by atoms with E-state index in [1.807, 2.05) is 12.1 Å². The van der Waals surface area contributed by atoms with Gasteiger partial charge >= 0.3 is 0 Å². The van der Waals surface area contributed by atoms with E-state index in [-0.39, 0.29) is 0 Å². The van der Waals surface area contributed by atoms with E-state index in [0.29, 0.717) is 5.82 Å². The quantitative estimate of drug-likeness (QED) is 0.158. The molecule has 0 spiro atoms. The molecule has 1 aliphatic rings. The minimum absolute atomic E-state index is 0.488. The molecular formula is C58H37N3. The number of hydrogen-bond donors (Lipinski definition) is 0. The van der Waals surface area contributed by atoms with Gasteiger partial charge in [-0.15, -0.1) is 0 Å². The second kappa shape index (κ2) is 14.1. The number of pyridine rings is 1. The Morgan fingerprint density at radius 1 is 0.295 bits per heavy atom. The molecule has 0 amide bonds. The number of rotatable bonds is 6. The highest BCUT2D eigenvalue weighted by Gasteiger charge is 2.46. The van der Waals surface area contributed by atoms with Gasteiger partial charge in [-0.2, -0.15) is 0 Å². The third-order valence-electron chi connectivity index (χ3n) is 12.6. The molecule has 2 aromatic heterocycles. The van der Waals surface area contributed by atoms with Gasteiger partial charge in [-0.05, 0) is 56.6 Å². The van der Waals surface area contributed by atoms with E-state index in [9.17, 15) is 0 Å². The van der Waals surface area contributed by atoms with Crippen molar-refractivity contribution in [2.75, 3.05) is 0 Å². The van der Waals surface area contributed by atoms with Crippen LogP contribution in [-0.2, 0) is 5.41 Å². The second-order valence-corrected chi connectivity index (χ2v) is 15.8. The molecule has 12 rings (SSSR count). The first-order valence-electron chi connectivity index (χ1n) is 20.9. The summed E-state index contributed by atoms with van der Waals surface area (Å²) in [6.45, 7) is 0. The zero-order valence-electron chi connectivity index (χ0n) is 33.2. The molecule has 0 N–H and O–H groups in total. The van der Waals surface area contributed by atoms with Crippen LogP contribution in [0.4, 0.5) is 0 Å². The Morgan fingerprint density at radius 2 is 0.787 bits per heavy atom. The van der Waals surface area contributed by atoms with Crippen LogP contribution in [0.1, 0.15) is 22.3 Å². The summed E-state index contributed by atoms with van der Waals surface area (Å²) in [5, 5.41) is 4.53. The molecular weight excluding hydrogens is 739 g/mol. The molecule has 3 nitrogen and oxygen atoms in total. The molecule has 0 aliphatic heterocycles. The van der Waals surface area contributed by atoms with Crippen LogP contribution in [0.5, 0.6) is 0 Å². The van der Waals surface area contributed by atoms with Crippen LogP contribution in [0.25, 0.3) is 88.7 Å². The highest BCUT2D eigenvalue weighted by Crippen LogP contribution is 2.58. The summed E-state index contributed by atoms with van der Waals surface area (Å²) in [5.74, 6) is 0.704. The number of hydrogen-bond acceptors (Lipinski definition) is 3. The fraction of sp³-hybridized carbons (Fsp3) is 0.0172. The molecule has 0 fully saturated rings. The maximum atomic E-state index is 5.42. The fourth-order valence-corrected chi connectivity index (χ4v) is 9.85. The van der Waals surface area contributed by atoms with Crippen LogP contribution in [0, 0.1) is 0 Å². The van der Waals surface area contributed by atoms with Gasteiger partial charge in [0.1, 0.15) is 0 Å². The van der Waals surface area contributed by atoms with Gasteiger partial charge in [0.25, 0.3) is 0 Å². The fourth-order valence-electron chi connectivity index (χ4n) is 9.85. The Bertz CT molecular complexity index is 3390. The Balaban J connectivity index is 1.03. The average Bonchev–Trinajstić information content (AvgIpc) is 3.65. The third kappa shape index (κ3) is 5.48. The van der Waals surface area contributed by atoms with Gasteiger partial charge in [0, 0.05) is 38.2 Å². The lowest BCUT2D eigenvalue weighted by Gasteiger charge is -2.34. The number of para-hydroxylation sites is 2. The van der Waals surface area contributed by atoms with Crippen molar-refractivity contribution in [3.05, 3.63) is 247 Å². The molecule has 0 atom stereocenters. The zero-order chi connectivity index (χ0) is 40.3. The van der Waals surface area contributed by atoms with Crippen molar-refractivity contribution >= 4 is 32.6 Å². The predicted molar refractivity (Wildman–Crippen MR) is 251 cm³/mol. The van der Waals surface area contributed by atoms with Crippen LogP contribution in [0.2, 0.25) is 0 Å². The summed E-state index contributed by atoms with van der Waals surface area (Å²) < 4.78 is 0. The molecule has 0 saturated heterocycles. The van der Waals surface area contributed by atoms with Crippen molar-refractivity contribution in [2.24, 2.45) is 0 Å². The predicted octanol–water partition coefficient (Wildman–Crippen LogP) is 14.4. The normalized spacial score (nSPS) is 12.7. The van der Waals surface area contributed by atoms with Gasteiger partial charge in [0.2, 0.25) is 0 Å². The lowest BCUT2D eigenvalue weighted by Crippen LogP contribution is -2.28. The lowest BCUT2D eigenvalue weighted by molar-refractivity contribution is 0.769. The second-order valence-electron chi connectivity index (χ2n) is 15.8. The number of nitrogens with zero attached hydrogens (tertiary/aromatic N) is 3. The number of benzene rings is 9. The monoisotopic (exact) mass is 775 g/mol.